The van der Waals surface area contributed by atoms with Crippen LogP contribution in [0.5, 0.6) is 0 Å². The number of hydrogen-bond acceptors (Lipinski definition) is 4. The summed E-state index contributed by atoms with van der Waals surface area (Å²) in [5, 5.41) is 23.3. The molecular formula is C13H17ClN4O2. The topological polar surface area (TPSA) is 90.0 Å². The van der Waals surface area contributed by atoms with Crippen LogP contribution in [0.1, 0.15) is 10.5 Å². The number of H-pyrrole nitrogens is 1. The van der Waals surface area contributed by atoms with E-state index in [1.165, 1.54) is 0 Å². The predicted molar refractivity (Wildman–Crippen MR) is 78.0 cm³/mol. The molecule has 1 fully saturated rings. The van der Waals surface area contributed by atoms with Crippen LogP contribution < -0.4 is 10.6 Å². The molecule has 108 valence electrons. The van der Waals surface area contributed by atoms with Crippen molar-refractivity contribution >= 4 is 29.2 Å². The van der Waals surface area contributed by atoms with Crippen molar-refractivity contribution in [3.63, 3.8) is 0 Å². The molecule has 1 aromatic heterocycles. The van der Waals surface area contributed by atoms with Crippen LogP contribution in [0.25, 0.3) is 10.9 Å². The van der Waals surface area contributed by atoms with Crippen LogP contribution in [0.4, 0.5) is 0 Å². The average molecular weight is 297 g/mol. The van der Waals surface area contributed by atoms with Crippen LogP contribution >= 0.6 is 12.4 Å². The molecule has 1 amide bonds. The fourth-order valence-corrected chi connectivity index (χ4v) is 2.37. The number of aromatic nitrogens is 2. The first-order chi connectivity index (χ1) is 9.25. The lowest BCUT2D eigenvalue weighted by molar-refractivity contribution is 0.0923. The number of carbonyl (C=O) groups is 1. The third-order valence-electron chi connectivity index (χ3n) is 3.51. The Morgan fingerprint density at radius 2 is 2.20 bits per heavy atom. The summed E-state index contributed by atoms with van der Waals surface area (Å²) in [5.41, 5.74) is 1.24. The third-order valence-corrected chi connectivity index (χ3v) is 3.51. The number of aromatic amines is 1. The number of halogens is 1. The molecule has 20 heavy (non-hydrogen) atoms. The van der Waals surface area contributed by atoms with Crippen molar-refractivity contribution in [3.8, 4) is 0 Å². The van der Waals surface area contributed by atoms with Gasteiger partial charge in [0.25, 0.3) is 5.91 Å². The van der Waals surface area contributed by atoms with Gasteiger partial charge in [0.2, 0.25) is 0 Å². The first kappa shape index (κ1) is 14.8. The lowest BCUT2D eigenvalue weighted by Gasteiger charge is -2.13. The molecule has 2 heterocycles. The standard InChI is InChI=1S/C13H16N4O2.ClH/c18-11-7-14-5-8(11)6-15-13(19)12-9-3-1-2-4-10(9)16-17-12;/h1-4,8,11,14,18H,5-7H2,(H,15,19)(H,16,17);1H. The Kier molecular flexibility index (Phi) is 4.59. The summed E-state index contributed by atoms with van der Waals surface area (Å²) >= 11 is 0. The normalized spacial score (nSPS) is 21.6. The highest BCUT2D eigenvalue weighted by molar-refractivity contribution is 6.04. The summed E-state index contributed by atoms with van der Waals surface area (Å²) < 4.78 is 0. The van der Waals surface area contributed by atoms with E-state index in [2.05, 4.69) is 20.8 Å². The lowest BCUT2D eigenvalue weighted by atomic mass is 10.1. The van der Waals surface area contributed by atoms with E-state index in [0.29, 0.717) is 18.8 Å². The molecule has 2 unspecified atom stereocenters. The van der Waals surface area contributed by atoms with Gasteiger partial charge in [-0.15, -0.1) is 12.4 Å². The minimum atomic E-state index is -0.392. The average Bonchev–Trinajstić information content (AvgIpc) is 3.02. The van der Waals surface area contributed by atoms with Crippen molar-refractivity contribution in [2.75, 3.05) is 19.6 Å². The van der Waals surface area contributed by atoms with Gasteiger partial charge in [0.1, 0.15) is 0 Å². The number of aliphatic hydroxyl groups is 1. The van der Waals surface area contributed by atoms with Gasteiger partial charge in [-0.25, -0.2) is 0 Å². The van der Waals surface area contributed by atoms with Gasteiger partial charge in [0.15, 0.2) is 5.69 Å². The molecule has 1 aliphatic rings. The maximum Gasteiger partial charge on any atom is 0.272 e. The van der Waals surface area contributed by atoms with Gasteiger partial charge in [-0.1, -0.05) is 18.2 Å². The number of hydrogen-bond donors (Lipinski definition) is 4. The van der Waals surface area contributed by atoms with Crippen LogP contribution in [0.3, 0.4) is 0 Å². The van der Waals surface area contributed by atoms with Gasteiger partial charge in [0.05, 0.1) is 11.6 Å². The number of carbonyl (C=O) groups excluding carboxylic acids is 1. The summed E-state index contributed by atoms with van der Waals surface area (Å²) in [7, 11) is 0. The zero-order valence-electron chi connectivity index (χ0n) is 10.8. The van der Waals surface area contributed by atoms with Crippen molar-refractivity contribution < 1.29 is 9.90 Å². The van der Waals surface area contributed by atoms with Crippen molar-refractivity contribution in [1.82, 2.24) is 20.8 Å². The Balaban J connectivity index is 0.00000147. The Morgan fingerprint density at radius 3 is 2.95 bits per heavy atom. The molecule has 4 N–H and O–H groups in total. The smallest absolute Gasteiger partial charge is 0.272 e. The largest absolute Gasteiger partial charge is 0.391 e. The van der Waals surface area contributed by atoms with E-state index < -0.39 is 6.10 Å². The summed E-state index contributed by atoms with van der Waals surface area (Å²) in [4.78, 5) is 12.1. The molecule has 0 aliphatic carbocycles. The van der Waals surface area contributed by atoms with Crippen molar-refractivity contribution in [3.05, 3.63) is 30.0 Å². The molecular weight excluding hydrogens is 280 g/mol. The van der Waals surface area contributed by atoms with E-state index in [0.717, 1.165) is 17.4 Å². The fraction of sp³-hybridized carbons (Fsp3) is 0.385. The molecule has 0 radical (unpaired) electrons. The molecule has 7 heteroatoms. The zero-order chi connectivity index (χ0) is 13.2. The maximum atomic E-state index is 12.1. The van der Waals surface area contributed by atoms with E-state index in [1.807, 2.05) is 24.3 Å². The van der Waals surface area contributed by atoms with Crippen LogP contribution in [-0.2, 0) is 0 Å². The Bertz CT molecular complexity index is 601. The van der Waals surface area contributed by atoms with Gasteiger partial charge >= 0.3 is 0 Å². The van der Waals surface area contributed by atoms with E-state index in [9.17, 15) is 9.90 Å². The van der Waals surface area contributed by atoms with Gasteiger partial charge in [-0.2, -0.15) is 5.10 Å². The van der Waals surface area contributed by atoms with Crippen molar-refractivity contribution in [1.29, 1.82) is 0 Å². The number of benzene rings is 1. The first-order valence-corrected chi connectivity index (χ1v) is 6.36. The van der Waals surface area contributed by atoms with Gasteiger partial charge in [-0.05, 0) is 6.07 Å². The molecule has 1 aromatic carbocycles. The van der Waals surface area contributed by atoms with Crippen LogP contribution in [-0.4, -0.2) is 46.9 Å². The summed E-state index contributed by atoms with van der Waals surface area (Å²) in [6, 6.07) is 7.51. The number of nitrogens with one attached hydrogen (secondary N) is 3. The summed E-state index contributed by atoms with van der Waals surface area (Å²) in [6.45, 7) is 1.77. The number of para-hydroxylation sites is 1. The second kappa shape index (κ2) is 6.21. The molecule has 1 saturated heterocycles. The molecule has 1 aliphatic heterocycles. The highest BCUT2D eigenvalue weighted by Gasteiger charge is 2.25. The highest BCUT2D eigenvalue weighted by atomic mass is 35.5. The predicted octanol–water partition coefficient (Wildman–Crippen LogP) is 0.295. The maximum absolute atomic E-state index is 12.1. The van der Waals surface area contributed by atoms with Crippen molar-refractivity contribution in [2.45, 2.75) is 6.10 Å². The minimum Gasteiger partial charge on any atom is -0.391 e. The SMILES string of the molecule is Cl.O=C(NCC1CNCC1O)c1n[nH]c2ccccc12. The minimum absolute atomic E-state index is 0. The van der Waals surface area contributed by atoms with E-state index in [4.69, 9.17) is 0 Å². The quantitative estimate of drug-likeness (QED) is 0.655. The Labute approximate surface area is 122 Å². The van der Waals surface area contributed by atoms with Crippen LogP contribution in [0, 0.1) is 5.92 Å². The molecule has 0 bridgehead atoms. The van der Waals surface area contributed by atoms with Gasteiger partial charge in [0, 0.05) is 30.9 Å². The van der Waals surface area contributed by atoms with E-state index >= 15 is 0 Å². The summed E-state index contributed by atoms with van der Waals surface area (Å²) in [5.74, 6) is -0.147. The molecule has 0 saturated carbocycles. The molecule has 2 atom stereocenters. The summed E-state index contributed by atoms with van der Waals surface area (Å²) in [6.07, 6.45) is -0.392. The van der Waals surface area contributed by atoms with Crippen molar-refractivity contribution in [2.24, 2.45) is 5.92 Å². The van der Waals surface area contributed by atoms with Crippen LogP contribution in [0.2, 0.25) is 0 Å². The number of fused-ring (bicyclic) bond motifs is 1. The zero-order valence-corrected chi connectivity index (χ0v) is 11.6. The van der Waals surface area contributed by atoms with E-state index in [1.54, 1.807) is 0 Å². The lowest BCUT2D eigenvalue weighted by Crippen LogP contribution is -2.34. The van der Waals surface area contributed by atoms with E-state index in [-0.39, 0.29) is 24.2 Å². The van der Waals surface area contributed by atoms with Gasteiger partial charge < -0.3 is 15.7 Å². The fourth-order valence-electron chi connectivity index (χ4n) is 2.37. The monoisotopic (exact) mass is 296 g/mol. The van der Waals surface area contributed by atoms with Gasteiger partial charge in [-0.3, -0.25) is 9.89 Å². The Hall–Kier alpha value is -1.63. The number of aliphatic hydroxyl groups excluding tert-OH is 1. The first-order valence-electron chi connectivity index (χ1n) is 6.36. The Morgan fingerprint density at radius 1 is 1.40 bits per heavy atom. The molecule has 3 rings (SSSR count). The number of amides is 1. The third kappa shape index (κ3) is 2.77. The highest BCUT2D eigenvalue weighted by Crippen LogP contribution is 2.15. The molecule has 6 nitrogen and oxygen atoms in total. The molecule has 0 spiro atoms. The number of nitrogens with zero attached hydrogens (tertiary/aromatic N) is 1. The van der Waals surface area contributed by atoms with Crippen LogP contribution in [0.15, 0.2) is 24.3 Å². The number of β-amino-alcohol motifs (C(OH)–C–C–N with tert-alkyl or cyclic N) is 1. The second-order valence-electron chi connectivity index (χ2n) is 4.81. The molecule has 2 aromatic rings. The second-order valence-corrected chi connectivity index (χ2v) is 4.81. The number of rotatable bonds is 3.